The highest BCUT2D eigenvalue weighted by atomic mass is 16.5. The van der Waals surface area contributed by atoms with Gasteiger partial charge in [-0.1, -0.05) is 26.2 Å². The number of hydrogen-bond donors (Lipinski definition) is 1. The molecule has 0 aromatic carbocycles. The number of unbranched alkanes of at least 4 members (excludes halogenated alkanes) is 1. The monoisotopic (exact) mass is 243 g/mol. The van der Waals surface area contributed by atoms with Crippen LogP contribution in [-0.4, -0.2) is 48.3 Å². The van der Waals surface area contributed by atoms with E-state index in [0.717, 1.165) is 38.8 Å². The number of aliphatic carboxylic acids is 1. The molecule has 0 unspecified atom stereocenters. The molecule has 0 aromatic rings. The van der Waals surface area contributed by atoms with Crippen molar-refractivity contribution in [1.29, 1.82) is 0 Å². The van der Waals surface area contributed by atoms with E-state index >= 15 is 0 Å². The van der Waals surface area contributed by atoms with E-state index in [9.17, 15) is 4.79 Å². The fourth-order valence-corrected chi connectivity index (χ4v) is 2.36. The normalized spacial score (nSPS) is 16.8. The standard InChI is InChI=1S/C13H25NO3/c1-2-3-9-17-10-8-14(11-13(15)16)12-6-4-5-7-12/h12H,2-11H2,1H3,(H,15,16). The number of ether oxygens (including phenoxy) is 1. The number of hydrogen-bond acceptors (Lipinski definition) is 3. The zero-order valence-electron chi connectivity index (χ0n) is 10.9. The minimum absolute atomic E-state index is 0.155. The van der Waals surface area contributed by atoms with Gasteiger partial charge in [0.25, 0.3) is 0 Å². The van der Waals surface area contributed by atoms with Crippen LogP contribution in [0.5, 0.6) is 0 Å². The Labute approximate surface area is 104 Å². The summed E-state index contributed by atoms with van der Waals surface area (Å²) < 4.78 is 5.51. The van der Waals surface area contributed by atoms with Gasteiger partial charge in [-0.25, -0.2) is 0 Å². The lowest BCUT2D eigenvalue weighted by molar-refractivity contribution is -0.139. The van der Waals surface area contributed by atoms with Gasteiger partial charge in [0, 0.05) is 19.2 Å². The van der Waals surface area contributed by atoms with Crippen LogP contribution < -0.4 is 0 Å². The molecule has 100 valence electrons. The van der Waals surface area contributed by atoms with Gasteiger partial charge in [-0.15, -0.1) is 0 Å². The van der Waals surface area contributed by atoms with Crippen LogP contribution in [0, 0.1) is 0 Å². The second-order valence-electron chi connectivity index (χ2n) is 4.77. The smallest absolute Gasteiger partial charge is 0.317 e. The highest BCUT2D eigenvalue weighted by Gasteiger charge is 2.23. The molecule has 0 atom stereocenters. The highest BCUT2D eigenvalue weighted by molar-refractivity contribution is 5.69. The van der Waals surface area contributed by atoms with Gasteiger partial charge < -0.3 is 9.84 Å². The van der Waals surface area contributed by atoms with Gasteiger partial charge in [0.2, 0.25) is 0 Å². The summed E-state index contributed by atoms with van der Waals surface area (Å²) in [5.74, 6) is -0.731. The van der Waals surface area contributed by atoms with Crippen LogP contribution in [0.2, 0.25) is 0 Å². The topological polar surface area (TPSA) is 49.8 Å². The molecule has 0 amide bonds. The van der Waals surface area contributed by atoms with E-state index in [4.69, 9.17) is 9.84 Å². The molecule has 0 heterocycles. The average Bonchev–Trinajstić information content (AvgIpc) is 2.80. The third-order valence-electron chi connectivity index (χ3n) is 3.34. The number of rotatable bonds is 9. The second-order valence-corrected chi connectivity index (χ2v) is 4.77. The lowest BCUT2D eigenvalue weighted by Crippen LogP contribution is -2.39. The van der Waals surface area contributed by atoms with Gasteiger partial charge in [-0.2, -0.15) is 0 Å². The van der Waals surface area contributed by atoms with Crippen LogP contribution in [0.15, 0.2) is 0 Å². The third-order valence-corrected chi connectivity index (χ3v) is 3.34. The summed E-state index contributed by atoms with van der Waals surface area (Å²) >= 11 is 0. The van der Waals surface area contributed by atoms with Gasteiger partial charge in [0.15, 0.2) is 0 Å². The summed E-state index contributed by atoms with van der Waals surface area (Å²) in [5.41, 5.74) is 0. The summed E-state index contributed by atoms with van der Waals surface area (Å²) in [5, 5.41) is 8.90. The van der Waals surface area contributed by atoms with Crippen molar-refractivity contribution in [2.45, 2.75) is 51.5 Å². The van der Waals surface area contributed by atoms with Crippen LogP contribution in [0.3, 0.4) is 0 Å². The first-order valence-electron chi connectivity index (χ1n) is 6.77. The molecule has 0 saturated heterocycles. The number of carbonyl (C=O) groups is 1. The molecule has 0 bridgehead atoms. The largest absolute Gasteiger partial charge is 0.480 e. The molecular formula is C13H25NO3. The molecule has 1 rings (SSSR count). The van der Waals surface area contributed by atoms with Crippen LogP contribution in [0.25, 0.3) is 0 Å². The van der Waals surface area contributed by atoms with E-state index in [2.05, 4.69) is 11.8 Å². The zero-order valence-corrected chi connectivity index (χ0v) is 10.9. The van der Waals surface area contributed by atoms with E-state index in [1.165, 1.54) is 12.8 Å². The zero-order chi connectivity index (χ0) is 12.5. The Hall–Kier alpha value is -0.610. The Morgan fingerprint density at radius 3 is 2.65 bits per heavy atom. The molecule has 4 nitrogen and oxygen atoms in total. The van der Waals surface area contributed by atoms with Gasteiger partial charge in [0.1, 0.15) is 0 Å². The molecular weight excluding hydrogens is 218 g/mol. The van der Waals surface area contributed by atoms with E-state index in [1.807, 2.05) is 0 Å². The van der Waals surface area contributed by atoms with E-state index in [1.54, 1.807) is 0 Å². The quantitative estimate of drug-likeness (QED) is 0.630. The summed E-state index contributed by atoms with van der Waals surface area (Å²) in [7, 11) is 0. The van der Waals surface area contributed by atoms with Crippen LogP contribution >= 0.6 is 0 Å². The third kappa shape index (κ3) is 6.03. The molecule has 0 radical (unpaired) electrons. The van der Waals surface area contributed by atoms with Gasteiger partial charge in [-0.3, -0.25) is 9.69 Å². The highest BCUT2D eigenvalue weighted by Crippen LogP contribution is 2.23. The van der Waals surface area contributed by atoms with Crippen molar-refractivity contribution in [1.82, 2.24) is 4.90 Å². The lowest BCUT2D eigenvalue weighted by atomic mass is 10.2. The summed E-state index contributed by atoms with van der Waals surface area (Å²) in [6, 6.07) is 0.459. The van der Waals surface area contributed by atoms with Gasteiger partial charge in [0.05, 0.1) is 13.2 Å². The Bertz CT molecular complexity index is 215. The second kappa shape index (κ2) is 8.48. The fraction of sp³-hybridized carbons (Fsp3) is 0.923. The fourth-order valence-electron chi connectivity index (χ4n) is 2.36. The molecule has 1 fully saturated rings. The Balaban J connectivity index is 2.22. The van der Waals surface area contributed by atoms with E-state index in [0.29, 0.717) is 12.6 Å². The molecule has 0 aliphatic heterocycles. The van der Waals surface area contributed by atoms with Crippen molar-refractivity contribution >= 4 is 5.97 Å². The number of nitrogens with zero attached hydrogens (tertiary/aromatic N) is 1. The maximum atomic E-state index is 10.8. The Morgan fingerprint density at radius 1 is 1.35 bits per heavy atom. The average molecular weight is 243 g/mol. The first-order valence-corrected chi connectivity index (χ1v) is 6.77. The van der Waals surface area contributed by atoms with Crippen molar-refractivity contribution in [2.24, 2.45) is 0 Å². The van der Waals surface area contributed by atoms with Crippen molar-refractivity contribution in [3.05, 3.63) is 0 Å². The number of carboxylic acids is 1. The first-order chi connectivity index (χ1) is 8.24. The SMILES string of the molecule is CCCCOCCN(CC(=O)O)C1CCCC1. The maximum absolute atomic E-state index is 10.8. The van der Waals surface area contributed by atoms with Crippen molar-refractivity contribution < 1.29 is 14.6 Å². The lowest BCUT2D eigenvalue weighted by Gasteiger charge is -2.26. The molecule has 0 aromatic heterocycles. The predicted molar refractivity (Wildman–Crippen MR) is 67.2 cm³/mol. The summed E-state index contributed by atoms with van der Waals surface area (Å²) in [6.45, 7) is 4.49. The minimum Gasteiger partial charge on any atom is -0.480 e. The molecule has 1 saturated carbocycles. The van der Waals surface area contributed by atoms with E-state index in [-0.39, 0.29) is 6.54 Å². The van der Waals surface area contributed by atoms with Crippen molar-refractivity contribution in [2.75, 3.05) is 26.3 Å². The van der Waals surface area contributed by atoms with E-state index < -0.39 is 5.97 Å². The molecule has 1 aliphatic rings. The summed E-state index contributed by atoms with van der Waals surface area (Å²) in [6.07, 6.45) is 6.98. The minimum atomic E-state index is -0.731. The maximum Gasteiger partial charge on any atom is 0.317 e. The van der Waals surface area contributed by atoms with Gasteiger partial charge in [-0.05, 0) is 19.3 Å². The molecule has 17 heavy (non-hydrogen) atoms. The Morgan fingerprint density at radius 2 is 2.06 bits per heavy atom. The van der Waals surface area contributed by atoms with Crippen molar-refractivity contribution in [3.8, 4) is 0 Å². The molecule has 1 aliphatic carbocycles. The van der Waals surface area contributed by atoms with Crippen LogP contribution in [-0.2, 0) is 9.53 Å². The molecule has 4 heteroatoms. The molecule has 1 N–H and O–H groups in total. The van der Waals surface area contributed by atoms with Crippen LogP contribution in [0.4, 0.5) is 0 Å². The van der Waals surface area contributed by atoms with Crippen LogP contribution in [0.1, 0.15) is 45.4 Å². The van der Waals surface area contributed by atoms with Crippen molar-refractivity contribution in [3.63, 3.8) is 0 Å². The summed E-state index contributed by atoms with van der Waals surface area (Å²) in [4.78, 5) is 12.9. The Kier molecular flexibility index (Phi) is 7.21. The number of carboxylic acid groups (broad SMARTS) is 1. The first kappa shape index (κ1) is 14.5. The molecule has 0 spiro atoms. The predicted octanol–water partition coefficient (Wildman–Crippen LogP) is 2.13. The van der Waals surface area contributed by atoms with Gasteiger partial charge >= 0.3 is 5.97 Å².